The van der Waals surface area contributed by atoms with Gasteiger partial charge in [0.1, 0.15) is 0 Å². The average molecular weight is 212 g/mol. The van der Waals surface area contributed by atoms with Crippen LogP contribution >= 0.6 is 0 Å². The number of nitrogens with two attached hydrogens (primary N) is 1. The highest BCUT2D eigenvalue weighted by atomic mass is 15.1. The zero-order valence-electron chi connectivity index (χ0n) is 11.1. The summed E-state index contributed by atoms with van der Waals surface area (Å²) in [6, 6.07) is 0.269. The molecule has 0 aromatic heterocycles. The first kappa shape index (κ1) is 13.0. The van der Waals surface area contributed by atoms with Gasteiger partial charge in [-0.05, 0) is 30.6 Å². The quantitative estimate of drug-likeness (QED) is 0.778. The number of piperidine rings is 1. The molecule has 0 radical (unpaired) electrons. The molecule has 1 saturated heterocycles. The van der Waals surface area contributed by atoms with Crippen LogP contribution in [0, 0.1) is 17.3 Å². The molecule has 0 aromatic rings. The van der Waals surface area contributed by atoms with Crippen LogP contribution in [0.4, 0.5) is 0 Å². The van der Waals surface area contributed by atoms with Gasteiger partial charge in [0, 0.05) is 25.7 Å². The van der Waals surface area contributed by atoms with Crippen LogP contribution in [0.2, 0.25) is 0 Å². The molecule has 1 heterocycles. The Bertz CT molecular complexity index is 189. The molecule has 0 bridgehead atoms. The zero-order valence-corrected chi connectivity index (χ0v) is 11.1. The molecule has 2 N–H and O–H groups in total. The van der Waals surface area contributed by atoms with E-state index >= 15 is 0 Å². The largest absolute Gasteiger partial charge is 0.327 e. The van der Waals surface area contributed by atoms with E-state index in [0.29, 0.717) is 0 Å². The van der Waals surface area contributed by atoms with Gasteiger partial charge in [0.2, 0.25) is 0 Å². The van der Waals surface area contributed by atoms with Crippen molar-refractivity contribution in [3.8, 4) is 0 Å². The first-order chi connectivity index (χ1) is 6.81. The Morgan fingerprint density at radius 2 is 1.73 bits per heavy atom. The topological polar surface area (TPSA) is 29.3 Å². The summed E-state index contributed by atoms with van der Waals surface area (Å²) in [5.74, 6) is 1.69. The van der Waals surface area contributed by atoms with Crippen LogP contribution in [-0.2, 0) is 0 Å². The van der Waals surface area contributed by atoms with Gasteiger partial charge in [-0.2, -0.15) is 0 Å². The van der Waals surface area contributed by atoms with Crippen LogP contribution < -0.4 is 5.73 Å². The van der Waals surface area contributed by atoms with Gasteiger partial charge in [-0.1, -0.05) is 27.7 Å². The van der Waals surface area contributed by atoms with Crippen LogP contribution in [-0.4, -0.2) is 30.6 Å². The van der Waals surface area contributed by atoms with Crippen LogP contribution in [0.15, 0.2) is 0 Å². The fourth-order valence-electron chi connectivity index (χ4n) is 2.64. The second-order valence-electron chi connectivity index (χ2n) is 6.42. The van der Waals surface area contributed by atoms with Gasteiger partial charge in [-0.15, -0.1) is 0 Å². The highest BCUT2D eigenvalue weighted by molar-refractivity contribution is 4.84. The van der Waals surface area contributed by atoms with Crippen molar-refractivity contribution in [3.63, 3.8) is 0 Å². The van der Waals surface area contributed by atoms with Gasteiger partial charge in [-0.3, -0.25) is 0 Å². The standard InChI is InChI=1S/C13H28N2/c1-10-6-11(2)8-15(7-10)9-13(4,5)12(3)14/h10-12H,6-9,14H2,1-5H3. The van der Waals surface area contributed by atoms with Crippen molar-refractivity contribution < 1.29 is 0 Å². The Hall–Kier alpha value is -0.0800. The van der Waals surface area contributed by atoms with E-state index in [1.165, 1.54) is 19.5 Å². The molecular weight excluding hydrogens is 184 g/mol. The van der Waals surface area contributed by atoms with E-state index in [9.17, 15) is 0 Å². The molecular formula is C13H28N2. The molecule has 0 aliphatic carbocycles. The minimum absolute atomic E-state index is 0.233. The number of hydrogen-bond donors (Lipinski definition) is 1. The smallest absolute Gasteiger partial charge is 0.00739 e. The molecule has 0 spiro atoms. The number of hydrogen-bond acceptors (Lipinski definition) is 2. The minimum atomic E-state index is 0.233. The Kier molecular flexibility index (Phi) is 4.19. The lowest BCUT2D eigenvalue weighted by Crippen LogP contribution is -2.48. The summed E-state index contributed by atoms with van der Waals surface area (Å²) in [6.07, 6.45) is 1.38. The molecule has 1 aliphatic heterocycles. The van der Waals surface area contributed by atoms with Crippen molar-refractivity contribution >= 4 is 0 Å². The number of nitrogens with zero attached hydrogens (tertiary/aromatic N) is 1. The van der Waals surface area contributed by atoms with Gasteiger partial charge < -0.3 is 10.6 Å². The van der Waals surface area contributed by atoms with Crippen LogP contribution in [0.1, 0.15) is 41.0 Å². The molecule has 2 heteroatoms. The molecule has 0 saturated carbocycles. The molecule has 0 amide bonds. The Labute approximate surface area is 95.2 Å². The third-order valence-corrected chi connectivity index (χ3v) is 3.81. The molecule has 15 heavy (non-hydrogen) atoms. The monoisotopic (exact) mass is 212 g/mol. The third kappa shape index (κ3) is 3.76. The average Bonchev–Trinajstić information content (AvgIpc) is 1.99. The van der Waals surface area contributed by atoms with Crippen molar-refractivity contribution in [2.45, 2.75) is 47.1 Å². The second kappa shape index (κ2) is 4.84. The summed E-state index contributed by atoms with van der Waals surface area (Å²) in [6.45, 7) is 15.0. The fraction of sp³-hybridized carbons (Fsp3) is 1.00. The second-order valence-corrected chi connectivity index (χ2v) is 6.42. The normalized spacial score (nSPS) is 31.6. The molecule has 90 valence electrons. The van der Waals surface area contributed by atoms with Crippen molar-refractivity contribution in [2.75, 3.05) is 19.6 Å². The number of rotatable bonds is 3. The number of likely N-dealkylation sites (tertiary alicyclic amines) is 1. The molecule has 1 rings (SSSR count). The van der Waals surface area contributed by atoms with E-state index in [0.717, 1.165) is 18.4 Å². The van der Waals surface area contributed by atoms with E-state index in [4.69, 9.17) is 5.73 Å². The summed E-state index contributed by atoms with van der Waals surface area (Å²) < 4.78 is 0. The SMILES string of the molecule is CC1CC(C)CN(CC(C)(C)C(C)N)C1. The summed E-state index contributed by atoms with van der Waals surface area (Å²) >= 11 is 0. The Balaban J connectivity index is 2.50. The lowest BCUT2D eigenvalue weighted by molar-refractivity contribution is 0.0877. The minimum Gasteiger partial charge on any atom is -0.327 e. The van der Waals surface area contributed by atoms with E-state index < -0.39 is 0 Å². The van der Waals surface area contributed by atoms with Gasteiger partial charge in [-0.25, -0.2) is 0 Å². The summed E-state index contributed by atoms with van der Waals surface area (Å²) in [7, 11) is 0. The predicted octanol–water partition coefficient (Wildman–Crippen LogP) is 2.34. The van der Waals surface area contributed by atoms with Gasteiger partial charge in [0.25, 0.3) is 0 Å². The Morgan fingerprint density at radius 3 is 2.13 bits per heavy atom. The maximum atomic E-state index is 6.03. The van der Waals surface area contributed by atoms with Crippen LogP contribution in [0.25, 0.3) is 0 Å². The predicted molar refractivity (Wildman–Crippen MR) is 66.8 cm³/mol. The summed E-state index contributed by atoms with van der Waals surface area (Å²) in [5, 5.41) is 0. The van der Waals surface area contributed by atoms with Crippen molar-refractivity contribution in [3.05, 3.63) is 0 Å². The molecule has 1 aliphatic rings. The molecule has 3 unspecified atom stereocenters. The van der Waals surface area contributed by atoms with Crippen LogP contribution in [0.3, 0.4) is 0 Å². The van der Waals surface area contributed by atoms with E-state index in [1.54, 1.807) is 0 Å². The van der Waals surface area contributed by atoms with E-state index in [-0.39, 0.29) is 11.5 Å². The third-order valence-electron chi connectivity index (χ3n) is 3.81. The molecule has 1 fully saturated rings. The summed E-state index contributed by atoms with van der Waals surface area (Å²) in [4.78, 5) is 2.60. The van der Waals surface area contributed by atoms with E-state index in [2.05, 4.69) is 39.5 Å². The molecule has 2 nitrogen and oxygen atoms in total. The molecule has 3 atom stereocenters. The lowest BCUT2D eigenvalue weighted by atomic mass is 9.83. The first-order valence-corrected chi connectivity index (χ1v) is 6.29. The van der Waals surface area contributed by atoms with Crippen LogP contribution in [0.5, 0.6) is 0 Å². The summed E-state index contributed by atoms with van der Waals surface area (Å²) in [5.41, 5.74) is 6.26. The van der Waals surface area contributed by atoms with Crippen molar-refractivity contribution in [1.29, 1.82) is 0 Å². The lowest BCUT2D eigenvalue weighted by Gasteiger charge is -2.41. The molecule has 0 aromatic carbocycles. The maximum absolute atomic E-state index is 6.03. The van der Waals surface area contributed by atoms with Crippen molar-refractivity contribution in [1.82, 2.24) is 4.90 Å². The zero-order chi connectivity index (χ0) is 11.6. The van der Waals surface area contributed by atoms with Gasteiger partial charge in [0.15, 0.2) is 0 Å². The highest BCUT2D eigenvalue weighted by Crippen LogP contribution is 2.26. The highest BCUT2D eigenvalue weighted by Gasteiger charge is 2.29. The van der Waals surface area contributed by atoms with Crippen molar-refractivity contribution in [2.24, 2.45) is 23.0 Å². The van der Waals surface area contributed by atoms with Gasteiger partial charge >= 0.3 is 0 Å². The van der Waals surface area contributed by atoms with E-state index in [1.807, 2.05) is 0 Å². The maximum Gasteiger partial charge on any atom is 0.00739 e. The fourth-order valence-corrected chi connectivity index (χ4v) is 2.64. The first-order valence-electron chi connectivity index (χ1n) is 6.29. The Morgan fingerprint density at radius 1 is 1.27 bits per heavy atom. The van der Waals surface area contributed by atoms with Gasteiger partial charge in [0.05, 0.1) is 0 Å².